The standard InChI is InChI=1S/C19H24N2O3S/c1-13-6-8-18(9-7-13)21(25(5,23)24)16(4)19(22)20-17-11-14(2)10-15(3)12-17/h6-12,16H,1-5H3,(H,20,22)/t16-/m0/s1. The Labute approximate surface area is 149 Å². The molecular weight excluding hydrogens is 336 g/mol. The molecule has 0 aliphatic carbocycles. The van der Waals surface area contributed by atoms with Crippen molar-refractivity contribution >= 4 is 27.3 Å². The van der Waals surface area contributed by atoms with Gasteiger partial charge in [-0.1, -0.05) is 23.8 Å². The molecule has 0 aliphatic heterocycles. The number of rotatable bonds is 5. The van der Waals surface area contributed by atoms with E-state index in [0.717, 1.165) is 27.3 Å². The highest BCUT2D eigenvalue weighted by Crippen LogP contribution is 2.22. The van der Waals surface area contributed by atoms with Crippen LogP contribution >= 0.6 is 0 Å². The number of anilines is 2. The van der Waals surface area contributed by atoms with E-state index in [1.165, 1.54) is 0 Å². The molecule has 0 aliphatic rings. The second-order valence-corrected chi connectivity index (χ2v) is 8.30. The molecule has 1 amide bonds. The maximum atomic E-state index is 12.6. The van der Waals surface area contributed by atoms with E-state index in [0.29, 0.717) is 11.4 Å². The molecule has 0 spiro atoms. The molecule has 2 rings (SSSR count). The average molecular weight is 360 g/mol. The maximum absolute atomic E-state index is 12.6. The lowest BCUT2D eigenvalue weighted by molar-refractivity contribution is -0.116. The van der Waals surface area contributed by atoms with Gasteiger partial charge >= 0.3 is 0 Å². The van der Waals surface area contributed by atoms with Crippen molar-refractivity contribution in [1.82, 2.24) is 0 Å². The van der Waals surface area contributed by atoms with E-state index in [2.05, 4.69) is 5.32 Å². The van der Waals surface area contributed by atoms with Crippen LogP contribution in [0.15, 0.2) is 42.5 Å². The predicted molar refractivity (Wildman–Crippen MR) is 103 cm³/mol. The van der Waals surface area contributed by atoms with Gasteiger partial charge in [-0.3, -0.25) is 9.10 Å². The third-order valence-corrected chi connectivity index (χ3v) is 5.11. The number of nitrogens with one attached hydrogen (secondary N) is 1. The minimum atomic E-state index is -3.61. The first-order chi connectivity index (χ1) is 11.6. The van der Waals surface area contributed by atoms with Crippen molar-refractivity contribution in [2.45, 2.75) is 33.7 Å². The lowest BCUT2D eigenvalue weighted by Gasteiger charge is -2.28. The fourth-order valence-corrected chi connectivity index (χ4v) is 3.97. The van der Waals surface area contributed by atoms with Crippen LogP contribution in [0.3, 0.4) is 0 Å². The Morgan fingerprint density at radius 2 is 1.48 bits per heavy atom. The molecule has 1 atom stereocenters. The molecule has 2 aromatic carbocycles. The summed E-state index contributed by atoms with van der Waals surface area (Å²) in [7, 11) is -3.61. The van der Waals surface area contributed by atoms with Gasteiger partial charge in [-0.25, -0.2) is 8.42 Å². The second-order valence-electron chi connectivity index (χ2n) is 6.44. The lowest BCUT2D eigenvalue weighted by atomic mass is 10.1. The Bertz CT molecular complexity index is 854. The Morgan fingerprint density at radius 1 is 0.960 bits per heavy atom. The summed E-state index contributed by atoms with van der Waals surface area (Å²) in [4.78, 5) is 12.6. The lowest BCUT2D eigenvalue weighted by Crippen LogP contribution is -2.45. The highest BCUT2D eigenvalue weighted by molar-refractivity contribution is 7.92. The third kappa shape index (κ3) is 4.82. The largest absolute Gasteiger partial charge is 0.324 e. The molecule has 134 valence electrons. The molecule has 0 saturated heterocycles. The van der Waals surface area contributed by atoms with Crippen molar-refractivity contribution in [3.05, 3.63) is 59.2 Å². The van der Waals surface area contributed by atoms with E-state index < -0.39 is 16.1 Å². The Balaban J connectivity index is 2.31. The van der Waals surface area contributed by atoms with Crippen molar-refractivity contribution in [3.8, 4) is 0 Å². The summed E-state index contributed by atoms with van der Waals surface area (Å²) in [5, 5.41) is 2.81. The van der Waals surface area contributed by atoms with Crippen LogP contribution in [-0.2, 0) is 14.8 Å². The van der Waals surface area contributed by atoms with Gasteiger partial charge in [0.25, 0.3) is 0 Å². The fraction of sp³-hybridized carbons (Fsp3) is 0.316. The predicted octanol–water partition coefficient (Wildman–Crippen LogP) is 3.41. The summed E-state index contributed by atoms with van der Waals surface area (Å²) in [6.07, 6.45) is 1.10. The zero-order valence-corrected chi connectivity index (χ0v) is 16.0. The minimum Gasteiger partial charge on any atom is -0.324 e. The molecule has 0 unspecified atom stereocenters. The summed E-state index contributed by atoms with van der Waals surface area (Å²) in [6.45, 7) is 7.39. The SMILES string of the molecule is Cc1ccc(N([C@@H](C)C(=O)Nc2cc(C)cc(C)c2)S(C)(=O)=O)cc1. The normalized spacial score (nSPS) is 12.5. The van der Waals surface area contributed by atoms with Crippen molar-refractivity contribution in [2.24, 2.45) is 0 Å². The summed E-state index contributed by atoms with van der Waals surface area (Å²) < 4.78 is 25.7. The van der Waals surface area contributed by atoms with Gasteiger partial charge in [0.15, 0.2) is 0 Å². The summed E-state index contributed by atoms with van der Waals surface area (Å²) in [5.74, 6) is -0.379. The quantitative estimate of drug-likeness (QED) is 0.888. The van der Waals surface area contributed by atoms with Gasteiger partial charge in [-0.15, -0.1) is 0 Å². The van der Waals surface area contributed by atoms with E-state index in [9.17, 15) is 13.2 Å². The molecular formula is C19H24N2O3S. The van der Waals surface area contributed by atoms with Gasteiger partial charge in [0.2, 0.25) is 15.9 Å². The number of aryl methyl sites for hydroxylation is 3. The van der Waals surface area contributed by atoms with Crippen molar-refractivity contribution in [2.75, 3.05) is 15.9 Å². The van der Waals surface area contributed by atoms with Crippen molar-refractivity contribution in [1.29, 1.82) is 0 Å². The molecule has 2 aromatic rings. The molecule has 6 heteroatoms. The summed E-state index contributed by atoms with van der Waals surface area (Å²) >= 11 is 0. The zero-order chi connectivity index (χ0) is 18.8. The highest BCUT2D eigenvalue weighted by atomic mass is 32.2. The molecule has 0 radical (unpaired) electrons. The zero-order valence-electron chi connectivity index (χ0n) is 15.2. The Morgan fingerprint density at radius 3 is 1.96 bits per heavy atom. The first-order valence-electron chi connectivity index (χ1n) is 8.03. The number of hydrogen-bond acceptors (Lipinski definition) is 3. The monoisotopic (exact) mass is 360 g/mol. The number of nitrogens with zero attached hydrogens (tertiary/aromatic N) is 1. The molecule has 0 heterocycles. The number of carbonyl (C=O) groups excluding carboxylic acids is 1. The van der Waals surface area contributed by atoms with Gasteiger partial charge in [0.05, 0.1) is 11.9 Å². The van der Waals surface area contributed by atoms with Gasteiger partial charge in [-0.2, -0.15) is 0 Å². The molecule has 0 aromatic heterocycles. The van der Waals surface area contributed by atoms with E-state index in [4.69, 9.17) is 0 Å². The summed E-state index contributed by atoms with van der Waals surface area (Å²) in [6, 6.07) is 11.9. The van der Waals surface area contributed by atoms with Crippen LogP contribution in [0.25, 0.3) is 0 Å². The third-order valence-electron chi connectivity index (χ3n) is 3.87. The number of carbonyl (C=O) groups is 1. The maximum Gasteiger partial charge on any atom is 0.247 e. The molecule has 25 heavy (non-hydrogen) atoms. The molecule has 0 fully saturated rings. The van der Waals surface area contributed by atoms with Gasteiger partial charge in [0.1, 0.15) is 6.04 Å². The van der Waals surface area contributed by atoms with Crippen LogP contribution in [0.4, 0.5) is 11.4 Å². The van der Waals surface area contributed by atoms with Crippen LogP contribution in [0.5, 0.6) is 0 Å². The highest BCUT2D eigenvalue weighted by Gasteiger charge is 2.29. The first-order valence-corrected chi connectivity index (χ1v) is 9.88. The Hall–Kier alpha value is -2.34. The first kappa shape index (κ1) is 19.0. The van der Waals surface area contributed by atoms with Crippen molar-refractivity contribution in [3.63, 3.8) is 0 Å². The topological polar surface area (TPSA) is 66.5 Å². The molecule has 0 bridgehead atoms. The number of sulfonamides is 1. The molecule has 5 nitrogen and oxygen atoms in total. The van der Waals surface area contributed by atoms with E-state index in [-0.39, 0.29) is 5.91 Å². The summed E-state index contributed by atoms with van der Waals surface area (Å²) in [5.41, 5.74) is 4.20. The van der Waals surface area contributed by atoms with Crippen LogP contribution < -0.4 is 9.62 Å². The van der Waals surface area contributed by atoms with E-state index >= 15 is 0 Å². The molecule has 1 N–H and O–H groups in total. The van der Waals surface area contributed by atoms with Crippen molar-refractivity contribution < 1.29 is 13.2 Å². The number of hydrogen-bond donors (Lipinski definition) is 1. The van der Waals surface area contributed by atoms with Crippen LogP contribution in [0.2, 0.25) is 0 Å². The van der Waals surface area contributed by atoms with Crippen LogP contribution in [-0.4, -0.2) is 26.6 Å². The molecule has 0 saturated carbocycles. The second kappa shape index (κ2) is 7.27. The smallest absolute Gasteiger partial charge is 0.247 e. The fourth-order valence-electron chi connectivity index (χ4n) is 2.79. The van der Waals surface area contributed by atoms with E-state index in [1.54, 1.807) is 19.1 Å². The Kier molecular flexibility index (Phi) is 5.52. The number of amides is 1. The minimum absolute atomic E-state index is 0.379. The van der Waals surface area contributed by atoms with Gasteiger partial charge < -0.3 is 5.32 Å². The van der Waals surface area contributed by atoms with Crippen LogP contribution in [0.1, 0.15) is 23.6 Å². The number of benzene rings is 2. The average Bonchev–Trinajstić information content (AvgIpc) is 2.47. The van der Waals surface area contributed by atoms with E-state index in [1.807, 2.05) is 51.1 Å². The van der Waals surface area contributed by atoms with Gasteiger partial charge in [0, 0.05) is 5.69 Å². The van der Waals surface area contributed by atoms with Crippen LogP contribution in [0, 0.1) is 20.8 Å². The van der Waals surface area contributed by atoms with Gasteiger partial charge in [-0.05, 0) is 63.1 Å².